The molecule has 1 aliphatic rings. The van der Waals surface area contributed by atoms with Gasteiger partial charge in [-0.2, -0.15) is 0 Å². The monoisotopic (exact) mass is 208 g/mol. The summed E-state index contributed by atoms with van der Waals surface area (Å²) < 4.78 is 14.8. The molecule has 2 atom stereocenters. The van der Waals surface area contributed by atoms with Crippen LogP contribution in [0.3, 0.4) is 0 Å². The van der Waals surface area contributed by atoms with Gasteiger partial charge in [-0.15, -0.1) is 0 Å². The van der Waals surface area contributed by atoms with Gasteiger partial charge in [0.15, 0.2) is 6.10 Å². The number of rotatable bonds is 3. The molecule has 0 aliphatic carbocycles. The van der Waals surface area contributed by atoms with Crippen molar-refractivity contribution in [2.24, 2.45) is 0 Å². The lowest BCUT2D eigenvalue weighted by molar-refractivity contribution is -0.142. The normalized spacial score (nSPS) is 23.3. The molecule has 0 saturated carbocycles. The summed E-state index contributed by atoms with van der Waals surface area (Å²) in [6, 6.07) is 7.44. The summed E-state index contributed by atoms with van der Waals surface area (Å²) in [6.07, 6.45) is -0.605. The third kappa shape index (κ3) is 1.94. The first kappa shape index (κ1) is 9.98. The molecule has 0 amide bonds. The quantitative estimate of drug-likeness (QED) is 0.555. The lowest BCUT2D eigenvalue weighted by Gasteiger charge is -2.00. The maximum absolute atomic E-state index is 11.1. The van der Waals surface area contributed by atoms with Crippen molar-refractivity contribution in [2.45, 2.75) is 12.2 Å². The van der Waals surface area contributed by atoms with E-state index in [2.05, 4.69) is 4.74 Å². The highest BCUT2D eigenvalue weighted by atomic mass is 16.6. The maximum Gasteiger partial charge on any atom is 0.338 e. The molecule has 2 unspecified atom stereocenters. The zero-order valence-electron chi connectivity index (χ0n) is 8.60. The van der Waals surface area contributed by atoms with Gasteiger partial charge in [-0.05, 0) is 17.7 Å². The minimum Gasteiger partial charge on any atom is -0.497 e. The zero-order valence-corrected chi connectivity index (χ0v) is 8.60. The number of ether oxygens (including phenoxy) is 3. The Morgan fingerprint density at radius 3 is 2.47 bits per heavy atom. The van der Waals surface area contributed by atoms with Crippen molar-refractivity contribution in [3.63, 3.8) is 0 Å². The Balaban J connectivity index is 2.04. The fraction of sp³-hybridized carbons (Fsp3) is 0.364. The van der Waals surface area contributed by atoms with Gasteiger partial charge in [-0.1, -0.05) is 12.1 Å². The Morgan fingerprint density at radius 2 is 1.93 bits per heavy atom. The number of hydrogen-bond acceptors (Lipinski definition) is 4. The Labute approximate surface area is 87.8 Å². The Bertz CT molecular complexity index is 357. The highest BCUT2D eigenvalue weighted by molar-refractivity contribution is 5.78. The summed E-state index contributed by atoms with van der Waals surface area (Å²) >= 11 is 0. The van der Waals surface area contributed by atoms with Crippen molar-refractivity contribution >= 4 is 5.97 Å². The molecule has 15 heavy (non-hydrogen) atoms. The van der Waals surface area contributed by atoms with E-state index in [9.17, 15) is 4.79 Å². The Hall–Kier alpha value is -1.55. The van der Waals surface area contributed by atoms with Crippen LogP contribution < -0.4 is 4.74 Å². The first-order chi connectivity index (χ1) is 7.26. The molecular weight excluding hydrogens is 196 g/mol. The number of carbonyl (C=O) groups is 1. The highest BCUT2D eigenvalue weighted by Gasteiger charge is 2.47. The molecule has 1 aromatic rings. The molecule has 1 fully saturated rings. The van der Waals surface area contributed by atoms with Crippen LogP contribution in [0, 0.1) is 0 Å². The van der Waals surface area contributed by atoms with E-state index in [1.807, 2.05) is 24.3 Å². The molecule has 4 nitrogen and oxygen atoms in total. The van der Waals surface area contributed by atoms with Crippen LogP contribution in [0.1, 0.15) is 11.7 Å². The average Bonchev–Trinajstić information content (AvgIpc) is 3.08. The molecule has 1 aromatic carbocycles. The third-order valence-corrected chi connectivity index (χ3v) is 2.37. The smallest absolute Gasteiger partial charge is 0.338 e. The van der Waals surface area contributed by atoms with Gasteiger partial charge < -0.3 is 14.2 Å². The van der Waals surface area contributed by atoms with Crippen molar-refractivity contribution in [3.8, 4) is 5.75 Å². The summed E-state index contributed by atoms with van der Waals surface area (Å²) in [6.45, 7) is 0. The standard InChI is InChI=1S/C11H12O4/c1-13-8-5-3-7(4-6-8)9-10(15-9)11(12)14-2/h3-6,9-10H,1-2H3. The van der Waals surface area contributed by atoms with E-state index >= 15 is 0 Å². The fourth-order valence-electron chi connectivity index (χ4n) is 1.45. The summed E-state index contributed by atoms with van der Waals surface area (Å²) in [5.74, 6) is 0.463. The lowest BCUT2D eigenvalue weighted by Crippen LogP contribution is -2.09. The topological polar surface area (TPSA) is 48.1 Å². The van der Waals surface area contributed by atoms with Crippen molar-refractivity contribution in [1.82, 2.24) is 0 Å². The molecule has 0 radical (unpaired) electrons. The molecule has 0 bridgehead atoms. The minimum absolute atomic E-state index is 0.164. The van der Waals surface area contributed by atoms with E-state index in [1.165, 1.54) is 7.11 Å². The van der Waals surface area contributed by atoms with Crippen LogP contribution in [0.15, 0.2) is 24.3 Å². The third-order valence-electron chi connectivity index (χ3n) is 2.37. The summed E-state index contributed by atoms with van der Waals surface area (Å²) in [5, 5.41) is 0. The van der Waals surface area contributed by atoms with E-state index in [-0.39, 0.29) is 12.1 Å². The molecule has 0 N–H and O–H groups in total. The molecule has 0 spiro atoms. The van der Waals surface area contributed by atoms with Crippen LogP contribution in [0.4, 0.5) is 0 Å². The summed E-state index contributed by atoms with van der Waals surface area (Å²) in [7, 11) is 2.97. The van der Waals surface area contributed by atoms with Crippen LogP contribution in [0.5, 0.6) is 5.75 Å². The maximum atomic E-state index is 11.1. The Kier molecular flexibility index (Phi) is 2.60. The fourth-order valence-corrected chi connectivity index (χ4v) is 1.45. The van der Waals surface area contributed by atoms with Gasteiger partial charge in [-0.3, -0.25) is 0 Å². The van der Waals surface area contributed by atoms with Gasteiger partial charge >= 0.3 is 5.97 Å². The number of benzene rings is 1. The van der Waals surface area contributed by atoms with Gasteiger partial charge in [0.1, 0.15) is 11.9 Å². The number of esters is 1. The van der Waals surface area contributed by atoms with Crippen LogP contribution in [0.2, 0.25) is 0 Å². The average molecular weight is 208 g/mol. The zero-order chi connectivity index (χ0) is 10.8. The second-order valence-corrected chi connectivity index (χ2v) is 3.27. The van der Waals surface area contributed by atoms with Crippen LogP contribution in [-0.2, 0) is 14.3 Å². The number of epoxide rings is 1. The first-order valence-corrected chi connectivity index (χ1v) is 4.63. The molecule has 1 heterocycles. The van der Waals surface area contributed by atoms with Crippen LogP contribution >= 0.6 is 0 Å². The van der Waals surface area contributed by atoms with Crippen molar-refractivity contribution in [1.29, 1.82) is 0 Å². The molecule has 1 saturated heterocycles. The number of carbonyl (C=O) groups excluding carboxylic acids is 1. The molecule has 80 valence electrons. The summed E-state index contributed by atoms with van der Waals surface area (Å²) in [5.41, 5.74) is 0.964. The van der Waals surface area contributed by atoms with Gasteiger partial charge in [0, 0.05) is 0 Å². The van der Waals surface area contributed by atoms with Crippen molar-refractivity contribution in [3.05, 3.63) is 29.8 Å². The second kappa shape index (κ2) is 3.90. The van der Waals surface area contributed by atoms with Crippen molar-refractivity contribution < 1.29 is 19.0 Å². The van der Waals surface area contributed by atoms with E-state index in [0.717, 1.165) is 11.3 Å². The van der Waals surface area contributed by atoms with Gasteiger partial charge in [-0.25, -0.2) is 4.79 Å². The number of hydrogen-bond donors (Lipinski definition) is 0. The predicted octanol–water partition coefficient (Wildman–Crippen LogP) is 1.31. The molecule has 2 rings (SSSR count). The van der Waals surface area contributed by atoms with E-state index in [4.69, 9.17) is 9.47 Å². The first-order valence-electron chi connectivity index (χ1n) is 4.63. The highest BCUT2D eigenvalue weighted by Crippen LogP contribution is 2.39. The van der Waals surface area contributed by atoms with E-state index in [1.54, 1.807) is 7.11 Å². The number of methoxy groups -OCH3 is 2. The molecule has 1 aliphatic heterocycles. The van der Waals surface area contributed by atoms with Crippen LogP contribution in [0.25, 0.3) is 0 Å². The van der Waals surface area contributed by atoms with Gasteiger partial charge in [0.05, 0.1) is 14.2 Å². The van der Waals surface area contributed by atoms with Gasteiger partial charge in [0.2, 0.25) is 0 Å². The van der Waals surface area contributed by atoms with Crippen LogP contribution in [-0.4, -0.2) is 26.3 Å². The lowest BCUT2D eigenvalue weighted by atomic mass is 10.1. The largest absolute Gasteiger partial charge is 0.497 e. The molecular formula is C11H12O4. The van der Waals surface area contributed by atoms with E-state index < -0.39 is 6.10 Å². The molecule has 4 heteroatoms. The minimum atomic E-state index is -0.441. The predicted molar refractivity (Wildman–Crippen MR) is 52.6 cm³/mol. The second-order valence-electron chi connectivity index (χ2n) is 3.27. The van der Waals surface area contributed by atoms with E-state index in [0.29, 0.717) is 0 Å². The molecule has 0 aromatic heterocycles. The summed E-state index contributed by atoms with van der Waals surface area (Å²) in [4.78, 5) is 11.1. The SMILES string of the molecule is COC(=O)C1OC1c1ccc(OC)cc1. The van der Waals surface area contributed by atoms with Gasteiger partial charge in [0.25, 0.3) is 0 Å². The Morgan fingerprint density at radius 1 is 1.27 bits per heavy atom. The van der Waals surface area contributed by atoms with Crippen molar-refractivity contribution in [2.75, 3.05) is 14.2 Å².